The van der Waals surface area contributed by atoms with Gasteiger partial charge in [0.2, 0.25) is 0 Å². The molecule has 0 radical (unpaired) electrons. The summed E-state index contributed by atoms with van der Waals surface area (Å²) >= 11 is 1.53. The SMILES string of the molecule is CCNc1nc(-c2ccc(=O)n(C)n2)cs1. The topological polar surface area (TPSA) is 59.8 Å². The minimum Gasteiger partial charge on any atom is -0.362 e. The summed E-state index contributed by atoms with van der Waals surface area (Å²) in [5.74, 6) is 0. The summed E-state index contributed by atoms with van der Waals surface area (Å²) in [5, 5.41) is 10.1. The molecule has 2 aromatic heterocycles. The van der Waals surface area contributed by atoms with Gasteiger partial charge in [-0.15, -0.1) is 11.3 Å². The Morgan fingerprint density at radius 2 is 2.25 bits per heavy atom. The Bertz CT molecular complexity index is 546. The third-order valence-electron chi connectivity index (χ3n) is 2.06. The van der Waals surface area contributed by atoms with Gasteiger partial charge in [0, 0.05) is 25.0 Å². The molecule has 2 heterocycles. The van der Waals surface area contributed by atoms with Gasteiger partial charge in [-0.05, 0) is 13.0 Å². The summed E-state index contributed by atoms with van der Waals surface area (Å²) in [6.07, 6.45) is 0. The van der Waals surface area contributed by atoms with Crippen molar-refractivity contribution in [1.29, 1.82) is 0 Å². The third kappa shape index (κ3) is 2.11. The van der Waals surface area contributed by atoms with Crippen molar-refractivity contribution in [2.75, 3.05) is 11.9 Å². The number of aryl methyl sites for hydroxylation is 1. The molecule has 0 spiro atoms. The second-order valence-corrected chi connectivity index (χ2v) is 4.11. The average Bonchev–Trinajstić information content (AvgIpc) is 2.71. The highest BCUT2D eigenvalue weighted by Crippen LogP contribution is 2.22. The van der Waals surface area contributed by atoms with Crippen LogP contribution in [0.4, 0.5) is 5.13 Å². The highest BCUT2D eigenvalue weighted by atomic mass is 32.1. The summed E-state index contributed by atoms with van der Waals surface area (Å²) in [6.45, 7) is 2.86. The lowest BCUT2D eigenvalue weighted by molar-refractivity contribution is 0.711. The maximum absolute atomic E-state index is 11.2. The fourth-order valence-corrected chi connectivity index (χ4v) is 2.04. The molecule has 5 nitrogen and oxygen atoms in total. The van der Waals surface area contributed by atoms with Crippen LogP contribution in [-0.2, 0) is 7.05 Å². The van der Waals surface area contributed by atoms with Crippen LogP contribution in [0.25, 0.3) is 11.4 Å². The summed E-state index contributed by atoms with van der Waals surface area (Å²) in [5.41, 5.74) is 1.38. The Labute approximate surface area is 96.8 Å². The maximum atomic E-state index is 11.2. The normalized spacial score (nSPS) is 10.4. The van der Waals surface area contributed by atoms with Gasteiger partial charge in [-0.3, -0.25) is 4.79 Å². The van der Waals surface area contributed by atoms with Crippen molar-refractivity contribution < 1.29 is 0 Å². The molecule has 0 aliphatic carbocycles. The number of nitrogens with one attached hydrogen (secondary N) is 1. The summed E-state index contributed by atoms with van der Waals surface area (Å²) in [7, 11) is 1.63. The van der Waals surface area contributed by atoms with Crippen LogP contribution < -0.4 is 10.9 Å². The van der Waals surface area contributed by atoms with Crippen LogP contribution >= 0.6 is 11.3 Å². The van der Waals surface area contributed by atoms with Crippen molar-refractivity contribution in [2.24, 2.45) is 7.05 Å². The van der Waals surface area contributed by atoms with Gasteiger partial charge in [0.05, 0.1) is 0 Å². The Morgan fingerprint density at radius 3 is 2.94 bits per heavy atom. The molecule has 0 saturated heterocycles. The first-order chi connectivity index (χ1) is 7.70. The Morgan fingerprint density at radius 1 is 1.44 bits per heavy atom. The number of aromatic nitrogens is 3. The summed E-state index contributed by atoms with van der Waals surface area (Å²) in [6, 6.07) is 3.18. The van der Waals surface area contributed by atoms with Crippen LogP contribution in [-0.4, -0.2) is 21.3 Å². The van der Waals surface area contributed by atoms with Gasteiger partial charge in [0.25, 0.3) is 5.56 Å². The molecule has 0 unspecified atom stereocenters. The molecule has 1 N–H and O–H groups in total. The molecule has 0 amide bonds. The molecule has 0 atom stereocenters. The van der Waals surface area contributed by atoms with Crippen molar-refractivity contribution in [1.82, 2.24) is 14.8 Å². The minimum atomic E-state index is -0.120. The van der Waals surface area contributed by atoms with Crippen LogP contribution in [0, 0.1) is 0 Å². The molecule has 16 heavy (non-hydrogen) atoms. The number of rotatable bonds is 3. The van der Waals surface area contributed by atoms with Crippen LogP contribution in [0.1, 0.15) is 6.92 Å². The zero-order valence-corrected chi connectivity index (χ0v) is 9.91. The molecule has 0 saturated carbocycles. The summed E-state index contributed by atoms with van der Waals surface area (Å²) in [4.78, 5) is 15.6. The molecular formula is C10H12N4OS. The van der Waals surface area contributed by atoms with Gasteiger partial charge in [0.1, 0.15) is 11.4 Å². The largest absolute Gasteiger partial charge is 0.362 e. The molecule has 2 aromatic rings. The fourth-order valence-electron chi connectivity index (χ4n) is 1.26. The van der Waals surface area contributed by atoms with Crippen molar-refractivity contribution >= 4 is 16.5 Å². The van der Waals surface area contributed by atoms with Gasteiger partial charge in [0.15, 0.2) is 5.13 Å². The van der Waals surface area contributed by atoms with Gasteiger partial charge in [-0.25, -0.2) is 9.67 Å². The zero-order valence-electron chi connectivity index (χ0n) is 9.10. The van der Waals surface area contributed by atoms with E-state index in [-0.39, 0.29) is 5.56 Å². The van der Waals surface area contributed by atoms with E-state index in [9.17, 15) is 4.79 Å². The highest BCUT2D eigenvalue weighted by Gasteiger charge is 2.06. The predicted molar refractivity (Wildman–Crippen MR) is 64.7 cm³/mol. The smallest absolute Gasteiger partial charge is 0.266 e. The first-order valence-electron chi connectivity index (χ1n) is 4.95. The number of hydrogen-bond donors (Lipinski definition) is 1. The number of hydrogen-bond acceptors (Lipinski definition) is 5. The van der Waals surface area contributed by atoms with E-state index in [0.29, 0.717) is 5.69 Å². The molecule has 0 aliphatic heterocycles. The van der Waals surface area contributed by atoms with Gasteiger partial charge in [-0.2, -0.15) is 5.10 Å². The van der Waals surface area contributed by atoms with E-state index >= 15 is 0 Å². The lowest BCUT2D eigenvalue weighted by atomic mass is 10.3. The average molecular weight is 236 g/mol. The zero-order chi connectivity index (χ0) is 11.5. The van der Waals surface area contributed by atoms with E-state index in [1.54, 1.807) is 13.1 Å². The minimum absolute atomic E-state index is 0.120. The Balaban J connectivity index is 2.35. The molecule has 0 aliphatic rings. The van der Waals surface area contributed by atoms with Crippen LogP contribution in [0.5, 0.6) is 0 Å². The first kappa shape index (κ1) is 10.8. The van der Waals surface area contributed by atoms with Crippen molar-refractivity contribution in [2.45, 2.75) is 6.92 Å². The van der Waals surface area contributed by atoms with E-state index in [2.05, 4.69) is 15.4 Å². The second kappa shape index (κ2) is 4.44. The predicted octanol–water partition coefficient (Wildman–Crippen LogP) is 1.34. The van der Waals surface area contributed by atoms with Crippen LogP contribution in [0.15, 0.2) is 22.3 Å². The van der Waals surface area contributed by atoms with Crippen molar-refractivity contribution in [3.63, 3.8) is 0 Å². The van der Waals surface area contributed by atoms with Crippen molar-refractivity contribution in [3.8, 4) is 11.4 Å². The van der Waals surface area contributed by atoms with Gasteiger partial charge < -0.3 is 5.32 Å². The summed E-state index contributed by atoms with van der Waals surface area (Å²) < 4.78 is 1.31. The van der Waals surface area contributed by atoms with Gasteiger partial charge in [-0.1, -0.05) is 0 Å². The fraction of sp³-hybridized carbons (Fsp3) is 0.300. The highest BCUT2D eigenvalue weighted by molar-refractivity contribution is 7.14. The molecule has 0 bridgehead atoms. The van der Waals surface area contributed by atoms with E-state index in [0.717, 1.165) is 17.4 Å². The molecule has 84 valence electrons. The Kier molecular flexibility index (Phi) is 3.00. The van der Waals surface area contributed by atoms with E-state index < -0.39 is 0 Å². The Hall–Kier alpha value is -1.69. The first-order valence-corrected chi connectivity index (χ1v) is 5.83. The van der Waals surface area contributed by atoms with Crippen LogP contribution in [0.3, 0.4) is 0 Å². The second-order valence-electron chi connectivity index (χ2n) is 3.25. The monoisotopic (exact) mass is 236 g/mol. The van der Waals surface area contributed by atoms with E-state index in [4.69, 9.17) is 0 Å². The number of anilines is 1. The lowest BCUT2D eigenvalue weighted by Crippen LogP contribution is -2.18. The molecule has 2 rings (SSSR count). The molecular weight excluding hydrogens is 224 g/mol. The van der Waals surface area contributed by atoms with E-state index in [1.807, 2.05) is 12.3 Å². The van der Waals surface area contributed by atoms with Gasteiger partial charge >= 0.3 is 0 Å². The van der Waals surface area contributed by atoms with Crippen LogP contribution in [0.2, 0.25) is 0 Å². The maximum Gasteiger partial charge on any atom is 0.266 e. The van der Waals surface area contributed by atoms with E-state index in [1.165, 1.54) is 22.1 Å². The lowest BCUT2D eigenvalue weighted by Gasteiger charge is -1.98. The third-order valence-corrected chi connectivity index (χ3v) is 2.86. The quantitative estimate of drug-likeness (QED) is 0.873. The standard InChI is InChI=1S/C10H12N4OS/c1-3-11-10-12-8(6-16-10)7-4-5-9(15)14(2)13-7/h4-6H,3H2,1-2H3,(H,11,12). The molecule has 6 heteroatoms. The number of thiazole rings is 1. The molecule has 0 aromatic carbocycles. The van der Waals surface area contributed by atoms with Crippen molar-refractivity contribution in [3.05, 3.63) is 27.9 Å². The molecule has 0 fully saturated rings. The number of nitrogens with zero attached hydrogens (tertiary/aromatic N) is 3.